The lowest BCUT2D eigenvalue weighted by Gasteiger charge is -2.26. The van der Waals surface area contributed by atoms with E-state index in [0.717, 1.165) is 38.2 Å². The molecule has 1 amide bonds. The molecule has 1 unspecified atom stereocenters. The highest BCUT2D eigenvalue weighted by molar-refractivity contribution is 5.75. The average molecular weight is 247 g/mol. The standard InChI is InChI=1S/C15H21NO2/c1-2-3-8-15(17)16-11-12-9-10-18-14-7-5-4-6-13(12)14/h4-7,12H,2-3,8-11H2,1H3,(H,16,17). The Morgan fingerprint density at radius 1 is 1.44 bits per heavy atom. The summed E-state index contributed by atoms with van der Waals surface area (Å²) < 4.78 is 5.61. The first-order valence-electron chi connectivity index (χ1n) is 6.79. The van der Waals surface area contributed by atoms with Crippen LogP contribution in [0.4, 0.5) is 0 Å². The molecule has 1 N–H and O–H groups in total. The fraction of sp³-hybridized carbons (Fsp3) is 0.533. The lowest BCUT2D eigenvalue weighted by atomic mass is 9.93. The molecule has 0 bridgehead atoms. The van der Waals surface area contributed by atoms with Crippen LogP contribution in [-0.2, 0) is 4.79 Å². The Bertz CT molecular complexity index is 403. The van der Waals surface area contributed by atoms with Crippen LogP contribution < -0.4 is 10.1 Å². The van der Waals surface area contributed by atoms with Crippen molar-refractivity contribution in [1.82, 2.24) is 5.32 Å². The maximum atomic E-state index is 11.6. The van der Waals surface area contributed by atoms with Crippen LogP contribution in [0.5, 0.6) is 5.75 Å². The van der Waals surface area contributed by atoms with Crippen molar-refractivity contribution in [2.45, 2.75) is 38.5 Å². The molecule has 1 atom stereocenters. The number of carbonyl (C=O) groups is 1. The largest absolute Gasteiger partial charge is 0.493 e. The van der Waals surface area contributed by atoms with Crippen molar-refractivity contribution in [2.75, 3.05) is 13.2 Å². The third-order valence-corrected chi connectivity index (χ3v) is 3.39. The molecule has 0 saturated carbocycles. The van der Waals surface area contributed by atoms with Crippen LogP contribution in [0.1, 0.15) is 44.1 Å². The quantitative estimate of drug-likeness (QED) is 0.869. The fourth-order valence-electron chi connectivity index (χ4n) is 2.29. The highest BCUT2D eigenvalue weighted by Crippen LogP contribution is 2.32. The minimum atomic E-state index is 0.167. The zero-order chi connectivity index (χ0) is 12.8. The second-order valence-electron chi connectivity index (χ2n) is 4.78. The summed E-state index contributed by atoms with van der Waals surface area (Å²) in [6.45, 7) is 3.57. The van der Waals surface area contributed by atoms with E-state index in [-0.39, 0.29) is 5.91 Å². The summed E-state index contributed by atoms with van der Waals surface area (Å²) >= 11 is 0. The van der Waals surface area contributed by atoms with Gasteiger partial charge in [-0.15, -0.1) is 0 Å². The van der Waals surface area contributed by atoms with Crippen LogP contribution in [-0.4, -0.2) is 19.1 Å². The Morgan fingerprint density at radius 2 is 2.28 bits per heavy atom. The number of nitrogens with one attached hydrogen (secondary N) is 1. The highest BCUT2D eigenvalue weighted by Gasteiger charge is 2.21. The van der Waals surface area contributed by atoms with Gasteiger partial charge in [0.05, 0.1) is 6.61 Å². The van der Waals surface area contributed by atoms with E-state index in [4.69, 9.17) is 4.74 Å². The Balaban J connectivity index is 1.89. The topological polar surface area (TPSA) is 38.3 Å². The van der Waals surface area contributed by atoms with Gasteiger partial charge in [0.15, 0.2) is 0 Å². The SMILES string of the molecule is CCCCC(=O)NCC1CCOc2ccccc21. The molecule has 18 heavy (non-hydrogen) atoms. The number of unbranched alkanes of at least 4 members (excludes halogenated alkanes) is 1. The van der Waals surface area contributed by atoms with Crippen LogP contribution in [0.15, 0.2) is 24.3 Å². The maximum absolute atomic E-state index is 11.6. The van der Waals surface area contributed by atoms with Crippen molar-refractivity contribution < 1.29 is 9.53 Å². The Labute approximate surface area is 109 Å². The van der Waals surface area contributed by atoms with Gasteiger partial charge >= 0.3 is 0 Å². The van der Waals surface area contributed by atoms with Gasteiger partial charge < -0.3 is 10.1 Å². The Hall–Kier alpha value is -1.51. The molecule has 0 fully saturated rings. The minimum absolute atomic E-state index is 0.167. The number of carbonyl (C=O) groups excluding carboxylic acids is 1. The number of para-hydroxylation sites is 1. The summed E-state index contributed by atoms with van der Waals surface area (Å²) in [6.07, 6.45) is 3.65. The molecule has 0 aromatic heterocycles. The summed E-state index contributed by atoms with van der Waals surface area (Å²) in [5.41, 5.74) is 1.22. The molecule has 3 nitrogen and oxygen atoms in total. The van der Waals surface area contributed by atoms with Gasteiger partial charge in [-0.05, 0) is 24.5 Å². The predicted molar refractivity (Wildman–Crippen MR) is 71.8 cm³/mol. The third kappa shape index (κ3) is 3.25. The van der Waals surface area contributed by atoms with Gasteiger partial charge in [-0.2, -0.15) is 0 Å². The van der Waals surface area contributed by atoms with E-state index in [0.29, 0.717) is 12.3 Å². The van der Waals surface area contributed by atoms with Gasteiger partial charge in [0.2, 0.25) is 5.91 Å². The van der Waals surface area contributed by atoms with E-state index in [2.05, 4.69) is 18.3 Å². The number of ether oxygens (including phenoxy) is 1. The molecule has 1 aliphatic heterocycles. The van der Waals surface area contributed by atoms with Gasteiger partial charge in [-0.1, -0.05) is 31.5 Å². The first kappa shape index (κ1) is 12.9. The molecule has 0 aliphatic carbocycles. The number of benzene rings is 1. The van der Waals surface area contributed by atoms with Gasteiger partial charge in [0.25, 0.3) is 0 Å². The van der Waals surface area contributed by atoms with Crippen LogP contribution in [0, 0.1) is 0 Å². The van der Waals surface area contributed by atoms with Crippen molar-refractivity contribution >= 4 is 5.91 Å². The van der Waals surface area contributed by atoms with Crippen molar-refractivity contribution in [3.05, 3.63) is 29.8 Å². The molecule has 1 aromatic carbocycles. The van der Waals surface area contributed by atoms with Crippen LogP contribution in [0.25, 0.3) is 0 Å². The lowest BCUT2D eigenvalue weighted by molar-refractivity contribution is -0.121. The molecule has 98 valence electrons. The summed E-state index contributed by atoms with van der Waals surface area (Å²) in [6, 6.07) is 8.11. The third-order valence-electron chi connectivity index (χ3n) is 3.39. The van der Waals surface area contributed by atoms with Crippen LogP contribution in [0.2, 0.25) is 0 Å². The summed E-state index contributed by atoms with van der Waals surface area (Å²) in [4.78, 5) is 11.6. The molecular weight excluding hydrogens is 226 g/mol. The first-order chi connectivity index (χ1) is 8.81. The molecule has 3 heteroatoms. The normalized spacial score (nSPS) is 17.7. The summed E-state index contributed by atoms with van der Waals surface area (Å²) in [5.74, 6) is 1.53. The van der Waals surface area contributed by atoms with E-state index in [9.17, 15) is 4.79 Å². The zero-order valence-electron chi connectivity index (χ0n) is 10.9. The van der Waals surface area contributed by atoms with Gasteiger partial charge in [0.1, 0.15) is 5.75 Å². The number of amides is 1. The molecule has 1 aliphatic rings. The Morgan fingerprint density at radius 3 is 3.11 bits per heavy atom. The van der Waals surface area contributed by atoms with Crippen LogP contribution >= 0.6 is 0 Å². The van der Waals surface area contributed by atoms with Crippen LogP contribution in [0.3, 0.4) is 0 Å². The number of hydrogen-bond acceptors (Lipinski definition) is 2. The lowest BCUT2D eigenvalue weighted by Crippen LogP contribution is -2.30. The molecular formula is C15H21NO2. The smallest absolute Gasteiger partial charge is 0.220 e. The molecule has 1 heterocycles. The van der Waals surface area contributed by atoms with Crippen molar-refractivity contribution in [1.29, 1.82) is 0 Å². The molecule has 2 rings (SSSR count). The summed E-state index contributed by atoms with van der Waals surface area (Å²) in [7, 11) is 0. The maximum Gasteiger partial charge on any atom is 0.220 e. The molecule has 0 radical (unpaired) electrons. The van der Waals surface area contributed by atoms with Gasteiger partial charge in [-0.25, -0.2) is 0 Å². The average Bonchev–Trinajstić information content (AvgIpc) is 2.42. The van der Waals surface area contributed by atoms with Crippen molar-refractivity contribution in [2.24, 2.45) is 0 Å². The number of fused-ring (bicyclic) bond motifs is 1. The van der Waals surface area contributed by atoms with E-state index in [1.807, 2.05) is 18.2 Å². The zero-order valence-corrected chi connectivity index (χ0v) is 10.9. The van der Waals surface area contributed by atoms with Crippen molar-refractivity contribution in [3.63, 3.8) is 0 Å². The van der Waals surface area contributed by atoms with Gasteiger partial charge in [0, 0.05) is 18.9 Å². The summed E-state index contributed by atoms with van der Waals surface area (Å²) in [5, 5.41) is 3.03. The molecule has 0 spiro atoms. The minimum Gasteiger partial charge on any atom is -0.493 e. The first-order valence-corrected chi connectivity index (χ1v) is 6.79. The van der Waals surface area contributed by atoms with E-state index >= 15 is 0 Å². The molecule has 0 saturated heterocycles. The molecule has 1 aromatic rings. The number of hydrogen-bond donors (Lipinski definition) is 1. The fourth-order valence-corrected chi connectivity index (χ4v) is 2.29. The van der Waals surface area contributed by atoms with E-state index in [1.54, 1.807) is 0 Å². The second-order valence-corrected chi connectivity index (χ2v) is 4.78. The number of rotatable bonds is 5. The monoisotopic (exact) mass is 247 g/mol. The Kier molecular flexibility index (Phi) is 4.62. The predicted octanol–water partition coefficient (Wildman–Crippen LogP) is 2.86. The van der Waals surface area contributed by atoms with Gasteiger partial charge in [-0.3, -0.25) is 4.79 Å². The van der Waals surface area contributed by atoms with Crippen molar-refractivity contribution in [3.8, 4) is 5.75 Å². The highest BCUT2D eigenvalue weighted by atomic mass is 16.5. The van der Waals surface area contributed by atoms with E-state index in [1.165, 1.54) is 5.56 Å². The second kappa shape index (κ2) is 6.43. The van der Waals surface area contributed by atoms with E-state index < -0.39 is 0 Å².